The topological polar surface area (TPSA) is 103 Å². The molecule has 31 heavy (non-hydrogen) atoms. The number of amides is 2. The summed E-state index contributed by atoms with van der Waals surface area (Å²) < 4.78 is 32.2. The van der Waals surface area contributed by atoms with Crippen molar-refractivity contribution in [2.75, 3.05) is 6.54 Å². The van der Waals surface area contributed by atoms with Crippen molar-refractivity contribution in [2.24, 2.45) is 5.92 Å². The second kappa shape index (κ2) is 9.05. The Kier molecular flexibility index (Phi) is 6.40. The number of aliphatic hydroxyl groups is 1. The summed E-state index contributed by atoms with van der Waals surface area (Å²) in [6, 6.07) is 2.97. The third kappa shape index (κ3) is 5.13. The molecule has 2 heterocycles. The third-order valence-corrected chi connectivity index (χ3v) is 6.48. The first-order valence-corrected chi connectivity index (χ1v) is 10.7. The predicted octanol–water partition coefficient (Wildman–Crippen LogP) is 1.19. The maximum absolute atomic E-state index is 13.3. The van der Waals surface area contributed by atoms with Gasteiger partial charge in [0.15, 0.2) is 0 Å². The number of likely N-dealkylation sites (tertiary alicyclic amines) is 1. The Labute approximate surface area is 179 Å². The first-order valence-electron chi connectivity index (χ1n) is 10.7. The van der Waals surface area contributed by atoms with E-state index < -0.39 is 17.7 Å². The van der Waals surface area contributed by atoms with Gasteiger partial charge in [0.25, 0.3) is 0 Å². The summed E-state index contributed by atoms with van der Waals surface area (Å²) in [5.41, 5.74) is 6.53. The second-order valence-corrected chi connectivity index (χ2v) is 8.74. The molecular weight excluding hydrogens is 410 g/mol. The van der Waals surface area contributed by atoms with Crippen LogP contribution in [0.4, 0.5) is 13.6 Å². The lowest BCUT2D eigenvalue weighted by Crippen LogP contribution is -2.61. The van der Waals surface area contributed by atoms with E-state index in [4.69, 9.17) is 4.74 Å². The molecule has 1 saturated carbocycles. The van der Waals surface area contributed by atoms with Crippen molar-refractivity contribution in [2.45, 2.75) is 69.5 Å². The lowest BCUT2D eigenvalue weighted by atomic mass is 9.96. The minimum Gasteiger partial charge on any atom is -0.446 e. The van der Waals surface area contributed by atoms with Crippen molar-refractivity contribution in [1.29, 1.82) is 0 Å². The zero-order chi connectivity index (χ0) is 22.1. The van der Waals surface area contributed by atoms with E-state index in [1.54, 1.807) is 6.92 Å². The Morgan fingerprint density at radius 2 is 1.94 bits per heavy atom. The van der Waals surface area contributed by atoms with Crippen LogP contribution in [-0.4, -0.2) is 59.0 Å². The maximum atomic E-state index is 13.3. The molecule has 2 saturated heterocycles. The normalized spacial score (nSPS) is 32.6. The van der Waals surface area contributed by atoms with Gasteiger partial charge in [-0.1, -0.05) is 0 Å². The molecule has 1 aromatic rings. The van der Waals surface area contributed by atoms with Crippen LogP contribution in [0, 0.1) is 17.6 Å². The lowest BCUT2D eigenvalue weighted by molar-refractivity contribution is -0.121. The molecule has 1 aliphatic carbocycles. The number of rotatable bonds is 5. The smallest absolute Gasteiger partial charge is 0.410 e. The van der Waals surface area contributed by atoms with E-state index in [2.05, 4.69) is 16.2 Å². The number of hydrogen-bond acceptors (Lipinski definition) is 6. The highest BCUT2D eigenvalue weighted by molar-refractivity contribution is 5.78. The number of ether oxygens (including phenoxy) is 1. The minimum absolute atomic E-state index is 0.109. The quantitative estimate of drug-likeness (QED) is 0.551. The molecule has 4 rings (SSSR count). The number of hydrazine groups is 1. The molecule has 10 heteroatoms. The number of nitrogens with one attached hydrogen (secondary N) is 3. The fourth-order valence-corrected chi connectivity index (χ4v) is 4.62. The van der Waals surface area contributed by atoms with Crippen LogP contribution < -0.4 is 16.2 Å². The highest BCUT2D eigenvalue weighted by Crippen LogP contribution is 2.33. The molecule has 2 amide bonds. The molecule has 4 N–H and O–H groups in total. The van der Waals surface area contributed by atoms with Crippen LogP contribution in [0.15, 0.2) is 18.2 Å². The van der Waals surface area contributed by atoms with Gasteiger partial charge >= 0.3 is 6.09 Å². The highest BCUT2D eigenvalue weighted by Gasteiger charge is 2.41. The van der Waals surface area contributed by atoms with Gasteiger partial charge < -0.3 is 20.1 Å². The van der Waals surface area contributed by atoms with Crippen molar-refractivity contribution in [1.82, 2.24) is 21.1 Å². The van der Waals surface area contributed by atoms with Gasteiger partial charge in [-0.3, -0.25) is 10.2 Å². The number of benzene rings is 1. The summed E-state index contributed by atoms with van der Waals surface area (Å²) >= 11 is 0. The van der Waals surface area contributed by atoms with Gasteiger partial charge in [-0.15, -0.1) is 0 Å². The zero-order valence-corrected chi connectivity index (χ0v) is 17.3. The first kappa shape index (κ1) is 21.9. The van der Waals surface area contributed by atoms with E-state index in [1.807, 2.05) is 0 Å². The second-order valence-electron chi connectivity index (χ2n) is 8.74. The number of hydrogen-bond donors (Lipinski definition) is 4. The molecule has 0 bridgehead atoms. The van der Waals surface area contributed by atoms with Crippen LogP contribution in [0.3, 0.4) is 0 Å². The van der Waals surface area contributed by atoms with Gasteiger partial charge in [-0.2, -0.15) is 0 Å². The van der Waals surface area contributed by atoms with Crippen molar-refractivity contribution in [3.05, 3.63) is 35.4 Å². The predicted molar refractivity (Wildman–Crippen MR) is 106 cm³/mol. The monoisotopic (exact) mass is 438 g/mol. The number of β-amino-alcohol motifs (C(OH)–C–C–N with tert-alkyl or cyclic N) is 1. The zero-order valence-electron chi connectivity index (χ0n) is 17.3. The number of nitrogens with zero attached hydrogens (tertiary/aromatic N) is 1. The van der Waals surface area contributed by atoms with Crippen LogP contribution in [0.25, 0.3) is 0 Å². The van der Waals surface area contributed by atoms with Crippen molar-refractivity contribution >= 4 is 12.0 Å². The first-order chi connectivity index (χ1) is 14.8. The number of aliphatic hydroxyl groups excluding tert-OH is 1. The molecule has 0 radical (unpaired) electrons. The molecule has 1 aromatic carbocycles. The summed E-state index contributed by atoms with van der Waals surface area (Å²) in [7, 11) is 0. The molecular formula is C21H28F2N4O4. The standard InChI is InChI=1S/C21H28F2N4O4/c1-11-18(28)10-27(11)21(30)31-16-3-2-13(7-16)17-9-19(26-25-17)24-20(29)6-12-4-14(22)8-15(23)5-12/h4-5,8,11,13,16-19,25-26,28H,2-3,6-7,9-10H2,1H3,(H,24,29)/t11-,13-,16+,17?,18+,19?/m0/s1. The minimum atomic E-state index is -0.709. The lowest BCUT2D eigenvalue weighted by Gasteiger charge is -2.42. The maximum Gasteiger partial charge on any atom is 0.410 e. The summed E-state index contributed by atoms with van der Waals surface area (Å²) in [5, 5.41) is 12.4. The Morgan fingerprint density at radius 3 is 2.61 bits per heavy atom. The van der Waals surface area contributed by atoms with Gasteiger partial charge in [0.1, 0.15) is 17.7 Å². The molecule has 6 atom stereocenters. The Balaban J connectivity index is 1.20. The van der Waals surface area contributed by atoms with E-state index in [0.717, 1.165) is 37.5 Å². The highest BCUT2D eigenvalue weighted by atomic mass is 19.1. The average Bonchev–Trinajstić information content (AvgIpc) is 3.34. The fourth-order valence-electron chi connectivity index (χ4n) is 4.62. The molecule has 3 fully saturated rings. The van der Waals surface area contributed by atoms with E-state index in [9.17, 15) is 23.5 Å². The van der Waals surface area contributed by atoms with E-state index in [-0.39, 0.29) is 48.3 Å². The fraction of sp³-hybridized carbons (Fsp3) is 0.619. The Bertz CT molecular complexity index is 821. The molecule has 170 valence electrons. The largest absolute Gasteiger partial charge is 0.446 e. The van der Waals surface area contributed by atoms with Gasteiger partial charge in [0.05, 0.1) is 31.3 Å². The summed E-state index contributed by atoms with van der Waals surface area (Å²) in [6.07, 6.45) is 1.66. The molecule has 8 nitrogen and oxygen atoms in total. The molecule has 2 aliphatic heterocycles. The van der Waals surface area contributed by atoms with Crippen molar-refractivity contribution in [3.63, 3.8) is 0 Å². The van der Waals surface area contributed by atoms with Gasteiger partial charge in [0, 0.05) is 12.1 Å². The van der Waals surface area contributed by atoms with E-state index in [1.165, 1.54) is 4.90 Å². The molecule has 0 spiro atoms. The van der Waals surface area contributed by atoms with Crippen LogP contribution in [0.2, 0.25) is 0 Å². The van der Waals surface area contributed by atoms with E-state index in [0.29, 0.717) is 18.9 Å². The summed E-state index contributed by atoms with van der Waals surface area (Å²) in [6.45, 7) is 2.11. The van der Waals surface area contributed by atoms with Gasteiger partial charge in [-0.25, -0.2) is 19.0 Å². The van der Waals surface area contributed by atoms with Crippen LogP contribution in [0.1, 0.15) is 38.2 Å². The number of halogens is 2. The third-order valence-electron chi connectivity index (χ3n) is 6.48. The van der Waals surface area contributed by atoms with Gasteiger partial charge in [-0.05, 0) is 56.2 Å². The van der Waals surface area contributed by atoms with Crippen LogP contribution >= 0.6 is 0 Å². The summed E-state index contributed by atoms with van der Waals surface area (Å²) in [4.78, 5) is 26.0. The summed E-state index contributed by atoms with van der Waals surface area (Å²) in [5.74, 6) is -1.45. The average molecular weight is 438 g/mol. The van der Waals surface area contributed by atoms with Crippen molar-refractivity contribution < 1.29 is 28.2 Å². The molecule has 0 aromatic heterocycles. The Morgan fingerprint density at radius 1 is 1.19 bits per heavy atom. The SMILES string of the molecule is C[C@H]1[C@H](O)CN1C(=O)O[C@@H]1CC[C@H](C2CC(NC(=O)Cc3cc(F)cc(F)c3)NN2)C1. The van der Waals surface area contributed by atoms with Crippen LogP contribution in [0.5, 0.6) is 0 Å². The molecule has 3 aliphatic rings. The van der Waals surface area contributed by atoms with Crippen LogP contribution in [-0.2, 0) is 16.0 Å². The van der Waals surface area contributed by atoms with Crippen molar-refractivity contribution in [3.8, 4) is 0 Å². The number of carbonyl (C=O) groups is 2. The van der Waals surface area contributed by atoms with E-state index >= 15 is 0 Å². The Hall–Kier alpha value is -2.30. The van der Waals surface area contributed by atoms with Gasteiger partial charge in [0.2, 0.25) is 5.91 Å². The number of carbonyl (C=O) groups excluding carboxylic acids is 2. The molecule has 2 unspecified atom stereocenters.